The van der Waals surface area contributed by atoms with Crippen LogP contribution in [-0.2, 0) is 11.3 Å². The molecule has 1 N–H and O–H groups in total. The van der Waals surface area contributed by atoms with Crippen LogP contribution in [0.2, 0.25) is 0 Å². The second-order valence-electron chi connectivity index (χ2n) is 8.85. The first-order chi connectivity index (χ1) is 15.9. The minimum absolute atomic E-state index is 0.0205. The number of hydrogen-bond donors (Lipinski definition) is 1. The number of halogens is 1. The van der Waals surface area contributed by atoms with Crippen LogP contribution < -0.4 is 10.2 Å². The maximum Gasteiger partial charge on any atom is 0.253 e. The molecule has 0 saturated carbocycles. The normalized spacial score (nSPS) is 14.2. The lowest BCUT2D eigenvalue weighted by Crippen LogP contribution is -2.42. The number of anilines is 1. The first-order valence-corrected chi connectivity index (χ1v) is 12.1. The number of likely N-dealkylation sites (tertiary alicyclic amines) is 1. The Morgan fingerprint density at radius 3 is 2.39 bits per heavy atom. The molecule has 0 aliphatic carbocycles. The average Bonchev–Trinajstić information content (AvgIpc) is 2.85. The van der Waals surface area contributed by atoms with Crippen LogP contribution in [0.4, 0.5) is 10.1 Å². The van der Waals surface area contributed by atoms with Crippen LogP contribution >= 0.6 is 0 Å². The zero-order chi connectivity index (χ0) is 23.8. The van der Waals surface area contributed by atoms with E-state index in [1.165, 1.54) is 6.07 Å². The molecule has 178 valence electrons. The number of aryl methyl sites for hydroxylation is 1. The third-order valence-corrected chi connectivity index (χ3v) is 6.50. The fourth-order valence-electron chi connectivity index (χ4n) is 4.24. The smallest absolute Gasteiger partial charge is 0.253 e. The van der Waals surface area contributed by atoms with Gasteiger partial charge in [-0.3, -0.25) is 9.59 Å². The maximum atomic E-state index is 13.7. The number of carbonyl (C=O) groups is 2. The first kappa shape index (κ1) is 24.7. The molecule has 2 amide bonds. The van der Waals surface area contributed by atoms with Gasteiger partial charge in [0.15, 0.2) is 0 Å². The highest BCUT2D eigenvalue weighted by molar-refractivity contribution is 5.94. The van der Waals surface area contributed by atoms with E-state index >= 15 is 0 Å². The molecule has 2 aromatic carbocycles. The third-order valence-electron chi connectivity index (χ3n) is 6.50. The highest BCUT2D eigenvalue weighted by atomic mass is 19.1. The van der Waals surface area contributed by atoms with Gasteiger partial charge in [-0.15, -0.1) is 0 Å². The van der Waals surface area contributed by atoms with E-state index in [0.717, 1.165) is 37.2 Å². The van der Waals surface area contributed by atoms with Crippen molar-refractivity contribution >= 4 is 17.5 Å². The van der Waals surface area contributed by atoms with Crippen molar-refractivity contribution < 1.29 is 14.0 Å². The van der Waals surface area contributed by atoms with Gasteiger partial charge in [0.05, 0.1) is 0 Å². The van der Waals surface area contributed by atoms with Crippen molar-refractivity contribution in [2.75, 3.05) is 31.1 Å². The Balaban J connectivity index is 1.49. The zero-order valence-electron chi connectivity index (χ0n) is 20.1. The number of unbranched alkanes of at least 4 members (excludes halogenated alkanes) is 1. The molecule has 5 nitrogen and oxygen atoms in total. The first-order valence-electron chi connectivity index (χ1n) is 12.1. The molecule has 3 rings (SSSR count). The molecular weight excluding hydrogens is 417 g/mol. The Morgan fingerprint density at radius 2 is 1.79 bits per heavy atom. The molecule has 0 aromatic heterocycles. The number of rotatable bonds is 9. The molecule has 0 atom stereocenters. The molecule has 0 bridgehead atoms. The summed E-state index contributed by atoms with van der Waals surface area (Å²) >= 11 is 0. The Hall–Kier alpha value is -2.89. The van der Waals surface area contributed by atoms with E-state index in [1.54, 1.807) is 13.0 Å². The Morgan fingerprint density at radius 1 is 1.09 bits per heavy atom. The minimum atomic E-state index is -0.259. The lowest BCUT2D eigenvalue weighted by molar-refractivity contribution is -0.126. The summed E-state index contributed by atoms with van der Waals surface area (Å²) in [4.78, 5) is 29.7. The fourth-order valence-corrected chi connectivity index (χ4v) is 4.24. The van der Waals surface area contributed by atoms with Crippen molar-refractivity contribution in [3.05, 3.63) is 65.0 Å². The molecule has 0 spiro atoms. The van der Waals surface area contributed by atoms with Gasteiger partial charge in [0.2, 0.25) is 5.91 Å². The van der Waals surface area contributed by atoms with Crippen LogP contribution in [-0.4, -0.2) is 42.9 Å². The van der Waals surface area contributed by atoms with Gasteiger partial charge in [0, 0.05) is 49.9 Å². The topological polar surface area (TPSA) is 52.7 Å². The number of nitrogens with zero attached hydrogens (tertiary/aromatic N) is 2. The quantitative estimate of drug-likeness (QED) is 0.586. The molecule has 2 aromatic rings. The van der Waals surface area contributed by atoms with Gasteiger partial charge in [0.25, 0.3) is 5.91 Å². The highest BCUT2D eigenvalue weighted by Gasteiger charge is 2.27. The van der Waals surface area contributed by atoms with Gasteiger partial charge in [0.1, 0.15) is 5.82 Å². The summed E-state index contributed by atoms with van der Waals surface area (Å²) in [5.74, 6) is -0.389. The highest BCUT2D eigenvalue weighted by Crippen LogP contribution is 2.22. The summed E-state index contributed by atoms with van der Waals surface area (Å²) in [5.41, 5.74) is 3.18. The summed E-state index contributed by atoms with van der Waals surface area (Å²) in [6, 6.07) is 12.9. The molecule has 1 aliphatic heterocycles. The van der Waals surface area contributed by atoms with Gasteiger partial charge in [-0.1, -0.05) is 25.5 Å². The van der Waals surface area contributed by atoms with Crippen molar-refractivity contribution in [1.82, 2.24) is 10.2 Å². The molecule has 6 heteroatoms. The van der Waals surface area contributed by atoms with E-state index < -0.39 is 0 Å². The molecule has 0 radical (unpaired) electrons. The van der Waals surface area contributed by atoms with E-state index in [9.17, 15) is 14.0 Å². The largest absolute Gasteiger partial charge is 0.372 e. The summed E-state index contributed by atoms with van der Waals surface area (Å²) in [5, 5.41) is 2.91. The van der Waals surface area contributed by atoms with E-state index in [0.29, 0.717) is 43.6 Å². The van der Waals surface area contributed by atoms with Crippen LogP contribution in [0.5, 0.6) is 0 Å². The van der Waals surface area contributed by atoms with Gasteiger partial charge >= 0.3 is 0 Å². The number of hydrogen-bond acceptors (Lipinski definition) is 3. The lowest BCUT2D eigenvalue weighted by Gasteiger charge is -2.31. The minimum Gasteiger partial charge on any atom is -0.372 e. The van der Waals surface area contributed by atoms with Crippen molar-refractivity contribution in [3.63, 3.8) is 0 Å². The average molecular weight is 454 g/mol. The Bertz CT molecular complexity index is 937. The predicted octanol–water partition coefficient (Wildman–Crippen LogP) is 4.93. The van der Waals surface area contributed by atoms with Gasteiger partial charge in [-0.25, -0.2) is 4.39 Å². The van der Waals surface area contributed by atoms with E-state index in [2.05, 4.69) is 24.1 Å². The standard InChI is InChI=1S/C27H36FN3O2/c1-4-6-15-30(5-2)24-11-9-23(10-12-24)27(33)31-16-13-22(14-17-31)26(32)29-19-21-8-7-20(3)25(28)18-21/h7-12,18,22H,4-6,13-17,19H2,1-3H3,(H,29,32). The number of nitrogens with one attached hydrogen (secondary N) is 1. The number of benzene rings is 2. The van der Waals surface area contributed by atoms with E-state index in [4.69, 9.17) is 0 Å². The maximum absolute atomic E-state index is 13.7. The molecule has 1 saturated heterocycles. The Kier molecular flexibility index (Phi) is 8.87. The molecular formula is C27H36FN3O2. The molecule has 33 heavy (non-hydrogen) atoms. The second-order valence-corrected chi connectivity index (χ2v) is 8.85. The van der Waals surface area contributed by atoms with E-state index in [-0.39, 0.29) is 23.5 Å². The monoisotopic (exact) mass is 453 g/mol. The second kappa shape index (κ2) is 11.8. The van der Waals surface area contributed by atoms with Crippen molar-refractivity contribution in [2.24, 2.45) is 5.92 Å². The fraction of sp³-hybridized carbons (Fsp3) is 0.481. The van der Waals surface area contributed by atoms with Gasteiger partial charge in [-0.05, 0) is 74.6 Å². The van der Waals surface area contributed by atoms with Crippen molar-refractivity contribution in [3.8, 4) is 0 Å². The third kappa shape index (κ3) is 6.56. The van der Waals surface area contributed by atoms with Crippen LogP contribution in [0, 0.1) is 18.7 Å². The van der Waals surface area contributed by atoms with E-state index in [1.807, 2.05) is 35.2 Å². The van der Waals surface area contributed by atoms with Crippen LogP contribution in [0.25, 0.3) is 0 Å². The summed E-state index contributed by atoms with van der Waals surface area (Å²) in [6.07, 6.45) is 3.58. The van der Waals surface area contributed by atoms with Crippen LogP contribution in [0.15, 0.2) is 42.5 Å². The van der Waals surface area contributed by atoms with Crippen molar-refractivity contribution in [1.29, 1.82) is 0 Å². The zero-order valence-corrected chi connectivity index (χ0v) is 20.1. The van der Waals surface area contributed by atoms with Crippen LogP contribution in [0.3, 0.4) is 0 Å². The van der Waals surface area contributed by atoms with Gasteiger partial charge < -0.3 is 15.1 Å². The van der Waals surface area contributed by atoms with Crippen LogP contribution in [0.1, 0.15) is 61.0 Å². The molecule has 1 aliphatic rings. The molecule has 1 heterocycles. The number of carbonyl (C=O) groups excluding carboxylic acids is 2. The van der Waals surface area contributed by atoms with Crippen molar-refractivity contribution in [2.45, 2.75) is 53.0 Å². The molecule has 1 fully saturated rings. The SMILES string of the molecule is CCCCN(CC)c1ccc(C(=O)N2CCC(C(=O)NCc3ccc(C)c(F)c3)CC2)cc1. The Labute approximate surface area is 197 Å². The van der Waals surface area contributed by atoms with Gasteiger partial charge in [-0.2, -0.15) is 0 Å². The summed E-state index contributed by atoms with van der Waals surface area (Å²) < 4.78 is 13.7. The summed E-state index contributed by atoms with van der Waals surface area (Å²) in [6.45, 7) is 9.46. The number of piperidine rings is 1. The lowest BCUT2D eigenvalue weighted by atomic mass is 9.95. The number of amides is 2. The predicted molar refractivity (Wildman–Crippen MR) is 131 cm³/mol. The summed E-state index contributed by atoms with van der Waals surface area (Å²) in [7, 11) is 0. The molecule has 0 unspecified atom stereocenters.